The molecule has 4 rings (SSSR count). The Morgan fingerprint density at radius 2 is 1.50 bits per heavy atom. The molecule has 0 N–H and O–H groups in total. The van der Waals surface area contributed by atoms with Crippen molar-refractivity contribution in [1.82, 2.24) is 0 Å². The molecule has 1 aliphatic heterocycles. The maximum atomic E-state index is 13.5. The van der Waals surface area contributed by atoms with Gasteiger partial charge >= 0.3 is 0 Å². The molecule has 1 amide bonds. The number of amides is 1. The van der Waals surface area contributed by atoms with Crippen LogP contribution in [0.1, 0.15) is 41.7 Å². The zero-order valence-corrected chi connectivity index (χ0v) is 19.9. The molecule has 0 aromatic heterocycles. The van der Waals surface area contributed by atoms with Crippen LogP contribution < -0.4 is 4.90 Å². The average Bonchev–Trinajstić information content (AvgIpc) is 3.11. The SMILES string of the molecule is CCc1ccc(N=C2S/C(=C/c3cc(C)ccc3C)C(=O)N2c2ccc(CC)cc2)cc1. The normalized spacial score (nSPS) is 16.4. The van der Waals surface area contributed by atoms with Gasteiger partial charge in [0, 0.05) is 0 Å². The van der Waals surface area contributed by atoms with Crippen molar-refractivity contribution in [2.24, 2.45) is 4.99 Å². The Kier molecular flexibility index (Phi) is 6.61. The third kappa shape index (κ3) is 4.71. The Hall–Kier alpha value is -3.11. The van der Waals surface area contributed by atoms with Crippen LogP contribution in [0.4, 0.5) is 11.4 Å². The molecule has 4 heteroatoms. The van der Waals surface area contributed by atoms with Gasteiger partial charge in [0.2, 0.25) is 0 Å². The van der Waals surface area contributed by atoms with Crippen LogP contribution in [-0.4, -0.2) is 11.1 Å². The van der Waals surface area contributed by atoms with Crippen LogP contribution in [0.25, 0.3) is 6.08 Å². The molecule has 0 spiro atoms. The molecule has 0 radical (unpaired) electrons. The third-order valence-electron chi connectivity index (χ3n) is 5.70. The predicted octanol–water partition coefficient (Wildman–Crippen LogP) is 7.24. The first-order chi connectivity index (χ1) is 15.5. The molecule has 0 bridgehead atoms. The van der Waals surface area contributed by atoms with Gasteiger partial charge in [-0.15, -0.1) is 0 Å². The summed E-state index contributed by atoms with van der Waals surface area (Å²) in [6.45, 7) is 8.41. The lowest BCUT2D eigenvalue weighted by atomic mass is 10.1. The number of carbonyl (C=O) groups excluding carboxylic acids is 1. The molecular formula is C28H28N2OS. The minimum Gasteiger partial charge on any atom is -0.268 e. The van der Waals surface area contributed by atoms with Gasteiger partial charge in [-0.1, -0.05) is 61.9 Å². The first-order valence-corrected chi connectivity index (χ1v) is 11.9. The molecule has 1 saturated heterocycles. The number of rotatable bonds is 5. The molecule has 0 aliphatic carbocycles. The smallest absolute Gasteiger partial charge is 0.268 e. The highest BCUT2D eigenvalue weighted by Gasteiger charge is 2.34. The minimum atomic E-state index is -0.0379. The molecule has 0 unspecified atom stereocenters. The highest BCUT2D eigenvalue weighted by atomic mass is 32.2. The fraction of sp³-hybridized carbons (Fsp3) is 0.214. The minimum absolute atomic E-state index is 0.0379. The molecule has 32 heavy (non-hydrogen) atoms. The van der Waals surface area contributed by atoms with E-state index in [2.05, 4.69) is 70.2 Å². The Bertz CT molecular complexity index is 1190. The molecule has 1 aliphatic rings. The topological polar surface area (TPSA) is 32.7 Å². The van der Waals surface area contributed by atoms with Gasteiger partial charge in [0.25, 0.3) is 5.91 Å². The number of anilines is 1. The molecule has 162 valence electrons. The maximum absolute atomic E-state index is 13.5. The number of carbonyl (C=O) groups is 1. The fourth-order valence-corrected chi connectivity index (χ4v) is 4.62. The average molecular weight is 441 g/mol. The van der Waals surface area contributed by atoms with Crippen molar-refractivity contribution in [3.8, 4) is 0 Å². The van der Waals surface area contributed by atoms with Crippen molar-refractivity contribution in [2.45, 2.75) is 40.5 Å². The lowest BCUT2D eigenvalue weighted by Crippen LogP contribution is -2.28. The number of nitrogens with zero attached hydrogens (tertiary/aromatic N) is 2. The molecular weight excluding hydrogens is 412 g/mol. The van der Waals surface area contributed by atoms with Crippen molar-refractivity contribution in [1.29, 1.82) is 0 Å². The first-order valence-electron chi connectivity index (χ1n) is 11.1. The van der Waals surface area contributed by atoms with E-state index in [4.69, 9.17) is 4.99 Å². The number of hydrogen-bond donors (Lipinski definition) is 0. The van der Waals surface area contributed by atoms with Crippen molar-refractivity contribution in [3.05, 3.63) is 99.5 Å². The molecule has 1 fully saturated rings. The Morgan fingerprint density at radius 1 is 0.875 bits per heavy atom. The van der Waals surface area contributed by atoms with Gasteiger partial charge in [0.05, 0.1) is 16.3 Å². The lowest BCUT2D eigenvalue weighted by Gasteiger charge is -2.16. The Morgan fingerprint density at radius 3 is 2.12 bits per heavy atom. The van der Waals surface area contributed by atoms with Gasteiger partial charge < -0.3 is 0 Å². The highest BCUT2D eigenvalue weighted by Crippen LogP contribution is 2.37. The van der Waals surface area contributed by atoms with E-state index in [9.17, 15) is 4.79 Å². The van der Waals surface area contributed by atoms with E-state index in [-0.39, 0.29) is 5.91 Å². The van der Waals surface area contributed by atoms with Crippen molar-refractivity contribution in [2.75, 3.05) is 4.90 Å². The van der Waals surface area contributed by atoms with Crippen LogP contribution >= 0.6 is 11.8 Å². The number of hydrogen-bond acceptors (Lipinski definition) is 3. The van der Waals surface area contributed by atoms with E-state index >= 15 is 0 Å². The van der Waals surface area contributed by atoms with Crippen LogP contribution in [0.3, 0.4) is 0 Å². The summed E-state index contributed by atoms with van der Waals surface area (Å²) in [7, 11) is 0. The summed E-state index contributed by atoms with van der Waals surface area (Å²) in [4.78, 5) is 20.8. The molecule has 3 aromatic carbocycles. The molecule has 0 saturated carbocycles. The van der Waals surface area contributed by atoms with E-state index in [0.717, 1.165) is 35.3 Å². The fourth-order valence-electron chi connectivity index (χ4n) is 3.63. The number of aryl methyl sites for hydroxylation is 4. The summed E-state index contributed by atoms with van der Waals surface area (Å²) in [5.74, 6) is -0.0379. The van der Waals surface area contributed by atoms with Crippen LogP contribution in [0.15, 0.2) is 76.6 Å². The van der Waals surface area contributed by atoms with E-state index < -0.39 is 0 Å². The zero-order valence-electron chi connectivity index (χ0n) is 19.1. The second-order valence-corrected chi connectivity index (χ2v) is 9.05. The van der Waals surface area contributed by atoms with Gasteiger partial charge in [-0.05, 0) is 91.0 Å². The molecule has 3 aromatic rings. The van der Waals surface area contributed by atoms with Crippen molar-refractivity contribution >= 4 is 40.3 Å². The molecule has 1 heterocycles. The van der Waals surface area contributed by atoms with Crippen molar-refractivity contribution in [3.63, 3.8) is 0 Å². The third-order valence-corrected chi connectivity index (χ3v) is 6.67. The van der Waals surface area contributed by atoms with E-state index in [1.807, 2.05) is 30.3 Å². The van der Waals surface area contributed by atoms with Crippen LogP contribution in [0.5, 0.6) is 0 Å². The number of benzene rings is 3. The lowest BCUT2D eigenvalue weighted by molar-refractivity contribution is -0.113. The first kappa shape index (κ1) is 22.1. The summed E-state index contributed by atoms with van der Waals surface area (Å²) >= 11 is 1.43. The summed E-state index contributed by atoms with van der Waals surface area (Å²) in [6, 6.07) is 22.7. The second-order valence-electron chi connectivity index (χ2n) is 8.05. The van der Waals surface area contributed by atoms with Gasteiger partial charge in [0.15, 0.2) is 5.17 Å². The summed E-state index contributed by atoms with van der Waals surface area (Å²) in [5.41, 5.74) is 7.59. The van der Waals surface area contributed by atoms with Gasteiger partial charge in [-0.2, -0.15) is 0 Å². The summed E-state index contributed by atoms with van der Waals surface area (Å²) in [5, 5.41) is 0.681. The van der Waals surface area contributed by atoms with E-state index in [1.54, 1.807) is 4.90 Å². The Balaban J connectivity index is 1.77. The number of aliphatic imine (C=N–C) groups is 1. The molecule has 3 nitrogen and oxygen atoms in total. The highest BCUT2D eigenvalue weighted by molar-refractivity contribution is 8.19. The second kappa shape index (κ2) is 9.58. The standard InChI is InChI=1S/C28H28N2OS/c1-5-21-9-13-24(14-10-21)29-28-30(25-15-11-22(6-2)12-16-25)27(31)26(32-28)18-23-17-19(3)7-8-20(23)4/h7-18H,5-6H2,1-4H3/b26-18+,29-28?. The van der Waals surface area contributed by atoms with Crippen LogP contribution in [0, 0.1) is 13.8 Å². The molecule has 0 atom stereocenters. The Labute approximate surface area is 194 Å². The van der Waals surface area contributed by atoms with Crippen LogP contribution in [0.2, 0.25) is 0 Å². The predicted molar refractivity (Wildman–Crippen MR) is 138 cm³/mol. The van der Waals surface area contributed by atoms with Crippen LogP contribution in [-0.2, 0) is 17.6 Å². The van der Waals surface area contributed by atoms with Crippen molar-refractivity contribution < 1.29 is 4.79 Å². The van der Waals surface area contributed by atoms with E-state index in [1.165, 1.54) is 28.5 Å². The van der Waals surface area contributed by atoms with Gasteiger partial charge in [0.1, 0.15) is 0 Å². The quantitative estimate of drug-likeness (QED) is 0.392. The zero-order chi connectivity index (χ0) is 22.7. The summed E-state index contributed by atoms with van der Waals surface area (Å²) in [6.07, 6.45) is 3.94. The van der Waals surface area contributed by atoms with Gasteiger partial charge in [-0.25, -0.2) is 4.99 Å². The number of amidine groups is 1. The number of thioether (sulfide) groups is 1. The van der Waals surface area contributed by atoms with Gasteiger partial charge in [-0.3, -0.25) is 9.69 Å². The largest absolute Gasteiger partial charge is 0.271 e. The maximum Gasteiger partial charge on any atom is 0.271 e. The van der Waals surface area contributed by atoms with E-state index in [0.29, 0.717) is 10.1 Å². The summed E-state index contributed by atoms with van der Waals surface area (Å²) < 4.78 is 0. The monoisotopic (exact) mass is 440 g/mol.